The summed E-state index contributed by atoms with van der Waals surface area (Å²) in [5, 5.41) is 19.8. The molecule has 0 aliphatic carbocycles. The molecular weight excluding hydrogens is 240 g/mol. The number of carbonyl (C=O) groups is 2. The molecule has 0 saturated heterocycles. The third kappa shape index (κ3) is 4.01. The molecule has 1 heterocycles. The fourth-order valence-electron chi connectivity index (χ4n) is 1.64. The number of amides is 2. The summed E-state index contributed by atoms with van der Waals surface area (Å²) < 4.78 is 4.99. The van der Waals surface area contributed by atoms with Crippen molar-refractivity contribution in [3.8, 4) is 0 Å². The molecule has 0 aromatic heterocycles. The van der Waals surface area contributed by atoms with Crippen LogP contribution < -0.4 is 5.32 Å². The van der Waals surface area contributed by atoms with Crippen molar-refractivity contribution < 1.29 is 24.5 Å². The summed E-state index contributed by atoms with van der Waals surface area (Å²) in [6.07, 6.45) is 2.60. The van der Waals surface area contributed by atoms with Crippen molar-refractivity contribution in [2.75, 3.05) is 33.4 Å². The average Bonchev–Trinajstić information content (AvgIpc) is 2.36. The average molecular weight is 258 g/mol. The van der Waals surface area contributed by atoms with Crippen molar-refractivity contribution in [3.05, 3.63) is 11.6 Å². The lowest BCUT2D eigenvalue weighted by molar-refractivity contribution is -0.140. The van der Waals surface area contributed by atoms with Gasteiger partial charge in [0.2, 0.25) is 0 Å². The predicted molar refractivity (Wildman–Crippen MR) is 63.2 cm³/mol. The molecule has 0 aromatic carbocycles. The molecule has 1 atom stereocenters. The van der Waals surface area contributed by atoms with E-state index in [4.69, 9.17) is 14.9 Å². The first-order valence-electron chi connectivity index (χ1n) is 5.64. The SMILES string of the molecule is COCC1=CCN(C(=O)N[C@@H](CO)C(=O)O)CC1. The highest BCUT2D eigenvalue weighted by Crippen LogP contribution is 2.10. The highest BCUT2D eigenvalue weighted by molar-refractivity contribution is 5.82. The van der Waals surface area contributed by atoms with E-state index in [0.717, 1.165) is 5.57 Å². The lowest BCUT2D eigenvalue weighted by atomic mass is 10.1. The summed E-state index contributed by atoms with van der Waals surface area (Å²) in [6.45, 7) is 0.852. The Bertz CT molecular complexity index is 342. The summed E-state index contributed by atoms with van der Waals surface area (Å²) in [4.78, 5) is 23.9. The van der Waals surface area contributed by atoms with Crippen molar-refractivity contribution in [2.45, 2.75) is 12.5 Å². The summed E-state index contributed by atoms with van der Waals surface area (Å²) in [5.74, 6) is -1.25. The van der Waals surface area contributed by atoms with Crippen molar-refractivity contribution in [1.29, 1.82) is 0 Å². The van der Waals surface area contributed by atoms with Crippen LogP contribution in [0, 0.1) is 0 Å². The van der Waals surface area contributed by atoms with E-state index in [0.29, 0.717) is 26.1 Å². The number of urea groups is 1. The number of nitrogens with zero attached hydrogens (tertiary/aromatic N) is 1. The molecule has 0 fully saturated rings. The molecule has 0 radical (unpaired) electrons. The van der Waals surface area contributed by atoms with Gasteiger partial charge in [0.05, 0.1) is 13.2 Å². The summed E-state index contributed by atoms with van der Waals surface area (Å²) in [5.41, 5.74) is 1.12. The van der Waals surface area contributed by atoms with Crippen LogP contribution in [0.5, 0.6) is 0 Å². The van der Waals surface area contributed by atoms with E-state index in [1.54, 1.807) is 7.11 Å². The molecule has 7 nitrogen and oxygen atoms in total. The molecule has 0 bridgehead atoms. The Balaban J connectivity index is 2.47. The molecular formula is C11H18N2O5. The minimum atomic E-state index is -1.26. The number of aliphatic carboxylic acids is 1. The highest BCUT2D eigenvalue weighted by Gasteiger charge is 2.23. The molecule has 3 N–H and O–H groups in total. The third-order valence-corrected chi connectivity index (χ3v) is 2.70. The van der Waals surface area contributed by atoms with Gasteiger partial charge in [-0.2, -0.15) is 0 Å². The van der Waals surface area contributed by atoms with E-state index in [2.05, 4.69) is 5.32 Å². The number of aliphatic hydroxyl groups is 1. The van der Waals surface area contributed by atoms with Crippen molar-refractivity contribution in [2.24, 2.45) is 0 Å². The Labute approximate surface area is 105 Å². The molecule has 0 saturated carbocycles. The second kappa shape index (κ2) is 6.97. The zero-order chi connectivity index (χ0) is 13.5. The number of methoxy groups -OCH3 is 1. The maximum atomic E-state index is 11.7. The van der Waals surface area contributed by atoms with Crippen LogP contribution in [0.15, 0.2) is 11.6 Å². The van der Waals surface area contributed by atoms with E-state index in [-0.39, 0.29) is 0 Å². The minimum absolute atomic E-state index is 0.419. The fraction of sp³-hybridized carbons (Fsp3) is 0.636. The quantitative estimate of drug-likeness (QED) is 0.573. The van der Waals surface area contributed by atoms with Crippen LogP contribution in [-0.4, -0.2) is 66.6 Å². The number of hydrogen-bond acceptors (Lipinski definition) is 4. The van der Waals surface area contributed by atoms with Gasteiger partial charge in [0, 0.05) is 20.2 Å². The number of hydrogen-bond donors (Lipinski definition) is 3. The number of carboxylic acids is 1. The van der Waals surface area contributed by atoms with Crippen molar-refractivity contribution >= 4 is 12.0 Å². The van der Waals surface area contributed by atoms with Gasteiger partial charge in [-0.1, -0.05) is 6.08 Å². The highest BCUT2D eigenvalue weighted by atomic mass is 16.5. The standard InChI is InChI=1S/C11H18N2O5/c1-18-7-8-2-4-13(5-3-8)11(17)12-9(6-14)10(15)16/h2,9,14H,3-7H2,1H3,(H,12,17)(H,15,16)/t9-/m0/s1. The molecule has 7 heteroatoms. The molecule has 102 valence electrons. The lowest BCUT2D eigenvalue weighted by Gasteiger charge is -2.27. The van der Waals surface area contributed by atoms with Gasteiger partial charge in [0.15, 0.2) is 6.04 Å². The number of aliphatic hydroxyl groups excluding tert-OH is 1. The molecule has 0 aromatic rings. The van der Waals surface area contributed by atoms with Gasteiger partial charge in [0.25, 0.3) is 0 Å². The van der Waals surface area contributed by atoms with E-state index in [9.17, 15) is 9.59 Å². The second-order valence-corrected chi connectivity index (χ2v) is 4.01. The monoisotopic (exact) mass is 258 g/mol. The summed E-state index contributed by atoms with van der Waals surface area (Å²) in [7, 11) is 1.61. The molecule has 0 spiro atoms. The van der Waals surface area contributed by atoms with E-state index in [1.807, 2.05) is 6.08 Å². The van der Waals surface area contributed by atoms with Crippen LogP contribution in [0.1, 0.15) is 6.42 Å². The molecule has 1 aliphatic heterocycles. The Morgan fingerprint density at radius 3 is 2.78 bits per heavy atom. The van der Waals surface area contributed by atoms with Crippen LogP contribution in [0.4, 0.5) is 4.79 Å². The van der Waals surface area contributed by atoms with Gasteiger partial charge in [-0.05, 0) is 12.0 Å². The summed E-state index contributed by atoms with van der Waals surface area (Å²) in [6, 6.07) is -1.74. The van der Waals surface area contributed by atoms with E-state index < -0.39 is 24.6 Å². The molecule has 1 rings (SSSR count). The summed E-state index contributed by atoms with van der Waals surface area (Å²) >= 11 is 0. The zero-order valence-electron chi connectivity index (χ0n) is 10.3. The molecule has 1 aliphatic rings. The Morgan fingerprint density at radius 1 is 1.61 bits per heavy atom. The fourth-order valence-corrected chi connectivity index (χ4v) is 1.64. The van der Waals surface area contributed by atoms with Crippen LogP contribution in [0.2, 0.25) is 0 Å². The number of ether oxygens (including phenoxy) is 1. The smallest absolute Gasteiger partial charge is 0.328 e. The van der Waals surface area contributed by atoms with Gasteiger partial charge < -0.3 is 25.2 Å². The first-order valence-corrected chi connectivity index (χ1v) is 5.64. The number of carbonyl (C=O) groups excluding carboxylic acids is 1. The van der Waals surface area contributed by atoms with Crippen LogP contribution >= 0.6 is 0 Å². The van der Waals surface area contributed by atoms with Crippen LogP contribution in [-0.2, 0) is 9.53 Å². The van der Waals surface area contributed by atoms with Gasteiger partial charge in [-0.3, -0.25) is 0 Å². The first-order chi connectivity index (χ1) is 8.58. The van der Waals surface area contributed by atoms with E-state index in [1.165, 1.54) is 4.90 Å². The largest absolute Gasteiger partial charge is 0.480 e. The molecule has 18 heavy (non-hydrogen) atoms. The van der Waals surface area contributed by atoms with E-state index >= 15 is 0 Å². The zero-order valence-corrected chi connectivity index (χ0v) is 10.3. The van der Waals surface area contributed by atoms with Crippen molar-refractivity contribution in [1.82, 2.24) is 10.2 Å². The second-order valence-electron chi connectivity index (χ2n) is 4.01. The predicted octanol–water partition coefficient (Wildman–Crippen LogP) is -0.580. The van der Waals surface area contributed by atoms with Gasteiger partial charge in [0.1, 0.15) is 0 Å². The lowest BCUT2D eigenvalue weighted by Crippen LogP contribution is -2.50. The van der Waals surface area contributed by atoms with Gasteiger partial charge in [-0.25, -0.2) is 9.59 Å². The third-order valence-electron chi connectivity index (χ3n) is 2.70. The number of rotatable bonds is 5. The first kappa shape index (κ1) is 14.5. The number of nitrogens with one attached hydrogen (secondary N) is 1. The van der Waals surface area contributed by atoms with Crippen LogP contribution in [0.3, 0.4) is 0 Å². The van der Waals surface area contributed by atoms with Gasteiger partial charge >= 0.3 is 12.0 Å². The minimum Gasteiger partial charge on any atom is -0.480 e. The Hall–Kier alpha value is -1.60. The Morgan fingerprint density at radius 2 is 2.33 bits per heavy atom. The van der Waals surface area contributed by atoms with Crippen LogP contribution in [0.25, 0.3) is 0 Å². The topological polar surface area (TPSA) is 99.1 Å². The number of carboxylic acid groups (broad SMARTS) is 1. The maximum absolute atomic E-state index is 11.7. The van der Waals surface area contributed by atoms with Crippen molar-refractivity contribution in [3.63, 3.8) is 0 Å². The van der Waals surface area contributed by atoms with Gasteiger partial charge in [-0.15, -0.1) is 0 Å². The Kier molecular flexibility index (Phi) is 5.60. The molecule has 2 amide bonds. The normalized spacial score (nSPS) is 17.0. The molecule has 0 unspecified atom stereocenters. The maximum Gasteiger partial charge on any atom is 0.328 e.